The van der Waals surface area contributed by atoms with Crippen molar-refractivity contribution in [2.24, 2.45) is 0 Å². The highest BCUT2D eigenvalue weighted by atomic mass is 15.1. The van der Waals surface area contributed by atoms with Crippen molar-refractivity contribution in [3.63, 3.8) is 0 Å². The van der Waals surface area contributed by atoms with Crippen molar-refractivity contribution in [2.75, 3.05) is 0 Å². The Balaban J connectivity index is 2.67. The highest BCUT2D eigenvalue weighted by molar-refractivity contribution is 5.56. The van der Waals surface area contributed by atoms with Gasteiger partial charge in [0.25, 0.3) is 0 Å². The van der Waals surface area contributed by atoms with E-state index in [2.05, 4.69) is 10.9 Å². The van der Waals surface area contributed by atoms with E-state index in [4.69, 9.17) is 6.42 Å². The first-order valence-corrected chi connectivity index (χ1v) is 5.52. The minimum atomic E-state index is 0.798. The summed E-state index contributed by atoms with van der Waals surface area (Å²) >= 11 is 0. The number of aromatic nitrogens is 2. The van der Waals surface area contributed by atoms with Gasteiger partial charge in [0.05, 0.1) is 5.69 Å². The van der Waals surface area contributed by atoms with Crippen LogP contribution in [0.15, 0.2) is 36.4 Å². The number of terminal acetylenes is 1. The van der Waals surface area contributed by atoms with Crippen molar-refractivity contribution in [1.82, 2.24) is 9.55 Å². The Morgan fingerprint density at radius 2 is 2.00 bits per heavy atom. The molecule has 0 amide bonds. The van der Waals surface area contributed by atoms with Crippen molar-refractivity contribution >= 4 is 6.08 Å². The maximum atomic E-state index is 5.59. The molecule has 0 saturated heterocycles. The second kappa shape index (κ2) is 4.71. The Kier molecular flexibility index (Phi) is 3.11. The average molecular weight is 222 g/mol. The average Bonchev–Trinajstić information content (AvgIpc) is 2.67. The summed E-state index contributed by atoms with van der Waals surface area (Å²) in [7, 11) is 0. The van der Waals surface area contributed by atoms with Gasteiger partial charge in [-0.1, -0.05) is 24.3 Å². The first-order valence-electron chi connectivity index (χ1n) is 5.52. The number of aryl methyl sites for hydroxylation is 1. The molecule has 0 aliphatic rings. The van der Waals surface area contributed by atoms with Gasteiger partial charge in [-0.25, -0.2) is 4.98 Å². The minimum Gasteiger partial charge on any atom is -0.289 e. The maximum Gasteiger partial charge on any atom is 0.124 e. The maximum absolute atomic E-state index is 5.59. The zero-order valence-electron chi connectivity index (χ0n) is 10.0. The van der Waals surface area contributed by atoms with Crippen LogP contribution >= 0.6 is 0 Å². The van der Waals surface area contributed by atoms with Gasteiger partial charge in [0.15, 0.2) is 0 Å². The molecule has 0 atom stereocenters. The molecule has 1 aromatic carbocycles. The number of para-hydroxylation sites is 1. The molecule has 0 aliphatic heterocycles. The van der Waals surface area contributed by atoms with E-state index in [0.717, 1.165) is 22.9 Å². The van der Waals surface area contributed by atoms with Crippen LogP contribution in [0, 0.1) is 19.3 Å². The minimum absolute atomic E-state index is 0.798. The molecule has 0 unspecified atom stereocenters. The molecule has 1 aromatic heterocycles. The Morgan fingerprint density at radius 1 is 1.29 bits per heavy atom. The van der Waals surface area contributed by atoms with Gasteiger partial charge in [0.1, 0.15) is 11.5 Å². The van der Waals surface area contributed by atoms with Gasteiger partial charge in [-0.05, 0) is 38.0 Å². The lowest BCUT2D eigenvalue weighted by atomic mass is 10.2. The third-order valence-electron chi connectivity index (χ3n) is 2.55. The number of benzene rings is 1. The predicted octanol–water partition coefficient (Wildman–Crippen LogP) is 3.20. The van der Waals surface area contributed by atoms with Gasteiger partial charge in [-0.15, -0.1) is 6.42 Å². The fraction of sp³-hybridized carbons (Fsp3) is 0.133. The van der Waals surface area contributed by atoms with E-state index < -0.39 is 0 Å². The third-order valence-corrected chi connectivity index (χ3v) is 2.55. The number of imidazole rings is 1. The van der Waals surface area contributed by atoms with Crippen LogP contribution in [0.4, 0.5) is 0 Å². The molecule has 0 fully saturated rings. The highest BCUT2D eigenvalue weighted by Crippen LogP contribution is 2.18. The van der Waals surface area contributed by atoms with Crippen LogP contribution in [0.2, 0.25) is 0 Å². The standard InChI is InChI=1S/C15H14N2/c1-4-9-14-15(5-2)17(12(3)16-14)13-10-7-6-8-11-13/h2,4,6-11H,1,3H3/b9-4-. The van der Waals surface area contributed by atoms with E-state index in [9.17, 15) is 0 Å². The van der Waals surface area contributed by atoms with E-state index in [0.29, 0.717) is 0 Å². The van der Waals surface area contributed by atoms with Gasteiger partial charge >= 0.3 is 0 Å². The SMILES string of the molecule is C#Cc1c(/C=C\C)nc(C)n1-c1ccccc1. The molecule has 17 heavy (non-hydrogen) atoms. The van der Waals surface area contributed by atoms with Crippen molar-refractivity contribution < 1.29 is 0 Å². The molecule has 0 N–H and O–H groups in total. The lowest BCUT2D eigenvalue weighted by Crippen LogP contribution is -1.99. The second-order valence-electron chi connectivity index (χ2n) is 3.71. The van der Waals surface area contributed by atoms with Gasteiger partial charge in [-0.3, -0.25) is 4.57 Å². The van der Waals surface area contributed by atoms with Gasteiger partial charge in [-0.2, -0.15) is 0 Å². The second-order valence-corrected chi connectivity index (χ2v) is 3.71. The van der Waals surface area contributed by atoms with Crippen LogP contribution in [-0.4, -0.2) is 9.55 Å². The van der Waals surface area contributed by atoms with E-state index in [1.54, 1.807) is 0 Å². The summed E-state index contributed by atoms with van der Waals surface area (Å²) in [6.07, 6.45) is 9.46. The van der Waals surface area contributed by atoms with Gasteiger partial charge < -0.3 is 0 Å². The first-order chi connectivity index (χ1) is 8.27. The Morgan fingerprint density at radius 3 is 2.59 bits per heavy atom. The number of rotatable bonds is 2. The van der Waals surface area contributed by atoms with E-state index >= 15 is 0 Å². The summed E-state index contributed by atoms with van der Waals surface area (Å²) < 4.78 is 2.00. The molecule has 2 heteroatoms. The largest absolute Gasteiger partial charge is 0.289 e. The summed E-state index contributed by atoms with van der Waals surface area (Å²) in [5, 5.41) is 0. The molecule has 84 valence electrons. The third kappa shape index (κ3) is 2.00. The molecule has 2 aromatic rings. The van der Waals surface area contributed by atoms with Crippen molar-refractivity contribution in [3.05, 3.63) is 53.6 Å². The van der Waals surface area contributed by atoms with Gasteiger partial charge in [0.2, 0.25) is 0 Å². The zero-order valence-corrected chi connectivity index (χ0v) is 10.0. The molecular formula is C15H14N2. The molecule has 0 radical (unpaired) electrons. The summed E-state index contributed by atoms with van der Waals surface area (Å²) in [6, 6.07) is 10.0. The fourth-order valence-corrected chi connectivity index (χ4v) is 1.86. The first kappa shape index (κ1) is 11.2. The van der Waals surface area contributed by atoms with E-state index in [1.807, 2.05) is 60.9 Å². The van der Waals surface area contributed by atoms with Crippen molar-refractivity contribution in [3.8, 4) is 18.0 Å². The quantitative estimate of drug-likeness (QED) is 0.713. The summed E-state index contributed by atoms with van der Waals surface area (Å²) in [6.45, 7) is 3.91. The Hall–Kier alpha value is -2.27. The molecule has 2 nitrogen and oxygen atoms in total. The Labute approximate surface area is 102 Å². The summed E-state index contributed by atoms with van der Waals surface area (Å²) in [5.74, 6) is 3.62. The predicted molar refractivity (Wildman–Crippen MR) is 70.9 cm³/mol. The van der Waals surface area contributed by atoms with E-state index in [1.165, 1.54) is 0 Å². The summed E-state index contributed by atoms with van der Waals surface area (Å²) in [5.41, 5.74) is 2.68. The zero-order chi connectivity index (χ0) is 12.3. The molecule has 0 bridgehead atoms. The highest BCUT2D eigenvalue weighted by Gasteiger charge is 2.11. The molecule has 0 spiro atoms. The Bertz CT molecular complexity index is 583. The van der Waals surface area contributed by atoms with Crippen LogP contribution in [0.5, 0.6) is 0 Å². The monoisotopic (exact) mass is 222 g/mol. The van der Waals surface area contributed by atoms with Crippen LogP contribution < -0.4 is 0 Å². The van der Waals surface area contributed by atoms with Crippen LogP contribution in [0.1, 0.15) is 24.1 Å². The normalized spacial score (nSPS) is 10.6. The lowest BCUT2D eigenvalue weighted by molar-refractivity contribution is 0.964. The van der Waals surface area contributed by atoms with Gasteiger partial charge in [0, 0.05) is 5.69 Å². The topological polar surface area (TPSA) is 17.8 Å². The molecule has 0 saturated carbocycles. The van der Waals surface area contributed by atoms with Crippen LogP contribution in [0.25, 0.3) is 11.8 Å². The molecule has 0 aliphatic carbocycles. The lowest BCUT2D eigenvalue weighted by Gasteiger charge is -2.06. The fourth-order valence-electron chi connectivity index (χ4n) is 1.86. The molecule has 1 heterocycles. The summed E-state index contributed by atoms with van der Waals surface area (Å²) in [4.78, 5) is 4.48. The molecular weight excluding hydrogens is 208 g/mol. The van der Waals surface area contributed by atoms with Crippen molar-refractivity contribution in [1.29, 1.82) is 0 Å². The molecule has 2 rings (SSSR count). The number of nitrogens with zero attached hydrogens (tertiary/aromatic N) is 2. The number of hydrogen-bond acceptors (Lipinski definition) is 1. The number of hydrogen-bond donors (Lipinski definition) is 0. The van der Waals surface area contributed by atoms with Crippen LogP contribution in [-0.2, 0) is 0 Å². The smallest absolute Gasteiger partial charge is 0.124 e. The number of allylic oxidation sites excluding steroid dienone is 1. The van der Waals surface area contributed by atoms with Crippen molar-refractivity contribution in [2.45, 2.75) is 13.8 Å². The van der Waals surface area contributed by atoms with E-state index in [-0.39, 0.29) is 0 Å². The van der Waals surface area contributed by atoms with Crippen LogP contribution in [0.3, 0.4) is 0 Å².